The highest BCUT2D eigenvalue weighted by Gasteiger charge is 2.62. The lowest BCUT2D eigenvalue weighted by molar-refractivity contribution is -0.154. The number of ether oxygens (including phenoxy) is 3. The number of esters is 1. The van der Waals surface area contributed by atoms with Gasteiger partial charge in [-0.25, -0.2) is 9.79 Å². The third-order valence-corrected chi connectivity index (χ3v) is 6.42. The number of aliphatic hydroxyl groups excluding tert-OH is 2. The van der Waals surface area contributed by atoms with Crippen molar-refractivity contribution in [3.05, 3.63) is 11.8 Å². The molecule has 198 valence electrons. The van der Waals surface area contributed by atoms with Crippen LogP contribution in [0.5, 0.6) is 0 Å². The number of alkyl carbamates (subject to hydrolysis) is 1. The van der Waals surface area contributed by atoms with E-state index < -0.39 is 54.7 Å². The first kappa shape index (κ1) is 27.5. The minimum atomic E-state index is -1.91. The Morgan fingerprint density at radius 3 is 2.81 bits per heavy atom. The average molecular weight is 507 g/mol. The van der Waals surface area contributed by atoms with Gasteiger partial charge >= 0.3 is 12.1 Å². The van der Waals surface area contributed by atoms with Crippen LogP contribution in [-0.4, -0.2) is 88.7 Å². The van der Waals surface area contributed by atoms with Crippen molar-refractivity contribution in [3.63, 3.8) is 0 Å². The second kappa shape index (κ2) is 11.8. The fourth-order valence-electron chi connectivity index (χ4n) is 4.20. The first-order chi connectivity index (χ1) is 17.2. The van der Waals surface area contributed by atoms with Crippen molar-refractivity contribution in [1.82, 2.24) is 10.3 Å². The smallest absolute Gasteiger partial charge is 0.412 e. The molecule has 3 aliphatic heterocycles. The van der Waals surface area contributed by atoms with Gasteiger partial charge in [-0.05, 0) is 18.8 Å². The number of aliphatic imine (C=N–C) groups is 1. The molecule has 3 heterocycles. The van der Waals surface area contributed by atoms with Gasteiger partial charge in [0.15, 0.2) is 5.84 Å². The van der Waals surface area contributed by atoms with Crippen LogP contribution in [-0.2, 0) is 19.0 Å². The van der Waals surface area contributed by atoms with E-state index in [1.807, 2.05) is 13.0 Å². The molecule has 1 unspecified atom stereocenters. The Bertz CT molecular complexity index is 961. The van der Waals surface area contributed by atoms with Crippen LogP contribution in [0.3, 0.4) is 0 Å². The van der Waals surface area contributed by atoms with E-state index in [-0.39, 0.29) is 24.8 Å². The van der Waals surface area contributed by atoms with E-state index in [2.05, 4.69) is 15.4 Å². The van der Waals surface area contributed by atoms with Crippen LogP contribution in [0.2, 0.25) is 0 Å². The number of carbonyl (C=O) groups is 2. The van der Waals surface area contributed by atoms with Gasteiger partial charge in [0.1, 0.15) is 49.4 Å². The van der Waals surface area contributed by atoms with E-state index in [1.54, 1.807) is 19.9 Å². The highest BCUT2D eigenvalue weighted by molar-refractivity contribution is 6.09. The second-order valence-corrected chi connectivity index (χ2v) is 9.26. The summed E-state index contributed by atoms with van der Waals surface area (Å²) in [5.41, 5.74) is 4.27. The number of nitriles is 1. The van der Waals surface area contributed by atoms with Crippen LogP contribution in [0, 0.1) is 17.2 Å². The highest BCUT2D eigenvalue weighted by Crippen LogP contribution is 2.42. The maximum Gasteiger partial charge on any atom is 0.412 e. The molecule has 0 saturated carbocycles. The molecule has 36 heavy (non-hydrogen) atoms. The van der Waals surface area contributed by atoms with Crippen molar-refractivity contribution < 1.29 is 34.0 Å². The summed E-state index contributed by atoms with van der Waals surface area (Å²) in [6.07, 6.45) is 0.792. The van der Waals surface area contributed by atoms with Gasteiger partial charge in [0.25, 0.3) is 0 Å². The lowest BCUT2D eigenvalue weighted by atomic mass is 9.87. The van der Waals surface area contributed by atoms with Gasteiger partial charge in [-0.2, -0.15) is 10.4 Å². The van der Waals surface area contributed by atoms with Gasteiger partial charge in [-0.1, -0.05) is 39.7 Å². The quantitative estimate of drug-likeness (QED) is 0.247. The number of nitrogens with two attached hydrogens (primary N) is 1. The molecule has 0 aromatic rings. The van der Waals surface area contributed by atoms with Crippen LogP contribution >= 0.6 is 0 Å². The number of hydrazone groups is 1. The maximum atomic E-state index is 12.2. The molecule has 1 fully saturated rings. The van der Waals surface area contributed by atoms with Crippen LogP contribution in [0.25, 0.3) is 0 Å². The van der Waals surface area contributed by atoms with Gasteiger partial charge in [-0.15, -0.1) is 0 Å². The van der Waals surface area contributed by atoms with Gasteiger partial charge in [0, 0.05) is 0 Å². The molecule has 1 amide bonds. The van der Waals surface area contributed by atoms with Crippen molar-refractivity contribution in [1.29, 1.82) is 5.26 Å². The van der Waals surface area contributed by atoms with Crippen molar-refractivity contribution >= 4 is 24.2 Å². The first-order valence-corrected chi connectivity index (χ1v) is 12.1. The zero-order valence-electron chi connectivity index (χ0n) is 20.7. The van der Waals surface area contributed by atoms with Crippen molar-refractivity contribution in [2.75, 3.05) is 13.2 Å². The topological polar surface area (TPSA) is 192 Å². The predicted molar refractivity (Wildman–Crippen MR) is 127 cm³/mol. The zero-order valence-corrected chi connectivity index (χ0v) is 20.7. The summed E-state index contributed by atoms with van der Waals surface area (Å²) < 4.78 is 16.2. The van der Waals surface area contributed by atoms with Crippen LogP contribution < -0.4 is 11.1 Å². The molecule has 13 nitrogen and oxygen atoms in total. The SMILES string of the molecule is CCCCCOC(=O)NC1=NC=NN2C1=CCC2[C@]1(C#N)O[C@H](COC(=O)[C@@H](N)C(C)C)[C@@H](O)[C@H]1O. The molecule has 3 aliphatic rings. The Morgan fingerprint density at radius 2 is 2.14 bits per heavy atom. The summed E-state index contributed by atoms with van der Waals surface area (Å²) in [5.74, 6) is -0.667. The van der Waals surface area contributed by atoms with Crippen molar-refractivity contribution in [3.8, 4) is 6.07 Å². The number of amidine groups is 1. The van der Waals surface area contributed by atoms with Crippen molar-refractivity contribution in [2.24, 2.45) is 21.7 Å². The van der Waals surface area contributed by atoms with E-state index in [0.717, 1.165) is 19.3 Å². The Balaban J connectivity index is 1.67. The van der Waals surface area contributed by atoms with Gasteiger partial charge in [0.05, 0.1) is 12.3 Å². The van der Waals surface area contributed by atoms with E-state index in [4.69, 9.17) is 19.9 Å². The summed E-state index contributed by atoms with van der Waals surface area (Å²) in [6, 6.07) is 0.273. The number of aliphatic hydroxyl groups is 2. The fraction of sp³-hybridized carbons (Fsp3) is 0.696. The predicted octanol–water partition coefficient (Wildman–Crippen LogP) is 0.126. The zero-order chi connectivity index (χ0) is 26.5. The number of hydrogen-bond acceptors (Lipinski definition) is 12. The number of fused-ring (bicyclic) bond motifs is 1. The Kier molecular flexibility index (Phi) is 9.02. The lowest BCUT2D eigenvalue weighted by Crippen LogP contribution is -2.56. The molecule has 1 saturated heterocycles. The molecule has 0 aliphatic carbocycles. The largest absolute Gasteiger partial charge is 0.462 e. The van der Waals surface area contributed by atoms with E-state index >= 15 is 0 Å². The molecule has 5 N–H and O–H groups in total. The molecule has 6 atom stereocenters. The molecule has 13 heteroatoms. The number of rotatable bonds is 9. The standard InChI is InChI=1S/C23H34N6O7/c1-4-5-6-9-34-22(33)28-20-14-7-8-16(29(14)27-12-26-20)23(11-24)19(31)18(30)15(36-23)10-35-21(32)17(25)13(2)3/h7,12-13,15-19,30-31H,4-6,8-10,25H2,1-3H3,(H,26,27,28,33)/t15-,16?,17+,18-,19-,23+/m1/s1. The molecule has 0 spiro atoms. The van der Waals surface area contributed by atoms with E-state index in [1.165, 1.54) is 11.3 Å². The second-order valence-electron chi connectivity index (χ2n) is 9.26. The number of unbranched alkanes of at least 4 members (excludes halogenated alkanes) is 2. The number of hydrogen-bond donors (Lipinski definition) is 4. The molecular formula is C23H34N6O7. The summed E-state index contributed by atoms with van der Waals surface area (Å²) in [4.78, 5) is 28.4. The highest BCUT2D eigenvalue weighted by atomic mass is 16.6. The number of nitrogens with zero attached hydrogens (tertiary/aromatic N) is 4. The lowest BCUT2D eigenvalue weighted by Gasteiger charge is -2.37. The number of nitrogens with one attached hydrogen (secondary N) is 1. The van der Waals surface area contributed by atoms with Gasteiger partial charge < -0.3 is 30.2 Å². The third-order valence-electron chi connectivity index (χ3n) is 6.42. The third kappa shape index (κ3) is 5.52. The van der Waals surface area contributed by atoms with Crippen molar-refractivity contribution in [2.45, 2.75) is 82.5 Å². The average Bonchev–Trinajstić information content (AvgIpc) is 3.40. The number of carbonyl (C=O) groups excluding carboxylic acids is 2. The Labute approximate surface area is 209 Å². The van der Waals surface area contributed by atoms with E-state index in [9.17, 15) is 25.1 Å². The fourth-order valence-corrected chi connectivity index (χ4v) is 4.20. The monoisotopic (exact) mass is 506 g/mol. The normalized spacial score (nSPS) is 29.8. The Hall–Kier alpha value is -3.05. The van der Waals surface area contributed by atoms with Gasteiger partial charge in [-0.3, -0.25) is 15.1 Å². The molecule has 0 bridgehead atoms. The van der Waals surface area contributed by atoms with Crippen LogP contribution in [0.4, 0.5) is 4.79 Å². The van der Waals surface area contributed by atoms with Crippen LogP contribution in [0.15, 0.2) is 21.9 Å². The van der Waals surface area contributed by atoms with E-state index in [0.29, 0.717) is 5.70 Å². The summed E-state index contributed by atoms with van der Waals surface area (Å²) in [5, 5.41) is 39.7. The minimum Gasteiger partial charge on any atom is -0.462 e. The van der Waals surface area contributed by atoms with Crippen LogP contribution in [0.1, 0.15) is 46.5 Å². The number of amides is 1. The molecule has 0 radical (unpaired) electrons. The van der Waals surface area contributed by atoms with Gasteiger partial charge in [0.2, 0.25) is 5.60 Å². The summed E-state index contributed by atoms with van der Waals surface area (Å²) in [7, 11) is 0. The maximum absolute atomic E-state index is 12.2. The summed E-state index contributed by atoms with van der Waals surface area (Å²) in [6.45, 7) is 5.45. The molecule has 3 rings (SSSR count). The summed E-state index contributed by atoms with van der Waals surface area (Å²) >= 11 is 0. The minimum absolute atomic E-state index is 0.159. The first-order valence-electron chi connectivity index (χ1n) is 12.1. The molecule has 0 aromatic carbocycles. The molecular weight excluding hydrogens is 472 g/mol. The Morgan fingerprint density at radius 1 is 1.39 bits per heavy atom. The molecule has 0 aromatic heterocycles.